The van der Waals surface area contributed by atoms with Crippen LogP contribution in [0, 0.1) is 16.2 Å². The van der Waals surface area contributed by atoms with Crippen molar-refractivity contribution in [2.45, 2.75) is 92.7 Å². The lowest BCUT2D eigenvalue weighted by Crippen LogP contribution is -2.53. The first-order valence-electron chi connectivity index (χ1n) is 9.25. The Morgan fingerprint density at radius 2 is 1.67 bits per heavy atom. The minimum atomic E-state index is -0.446. The van der Waals surface area contributed by atoms with Gasteiger partial charge in [0, 0.05) is 18.1 Å². The lowest BCUT2D eigenvalue weighted by atomic mass is 9.65. The van der Waals surface area contributed by atoms with Crippen molar-refractivity contribution < 1.29 is 9.59 Å². The Balaban J connectivity index is 2.06. The summed E-state index contributed by atoms with van der Waals surface area (Å²) >= 11 is 0. The van der Waals surface area contributed by atoms with Crippen LogP contribution >= 0.6 is 0 Å². The van der Waals surface area contributed by atoms with Gasteiger partial charge in [0.1, 0.15) is 0 Å². The number of nitrogens with one attached hydrogen (secondary N) is 1. The molecule has 0 spiro atoms. The first-order chi connectivity index (χ1) is 10.6. The van der Waals surface area contributed by atoms with Gasteiger partial charge in [-0.2, -0.15) is 0 Å². The number of nitrogens with zero attached hydrogens (tertiary/aromatic N) is 1. The minimum absolute atomic E-state index is 0.0987. The molecule has 2 amide bonds. The van der Waals surface area contributed by atoms with Crippen LogP contribution < -0.4 is 5.32 Å². The van der Waals surface area contributed by atoms with Gasteiger partial charge in [-0.05, 0) is 55.8 Å². The summed E-state index contributed by atoms with van der Waals surface area (Å²) in [4.78, 5) is 27.2. The zero-order valence-electron chi connectivity index (χ0n) is 16.9. The fourth-order valence-corrected chi connectivity index (χ4v) is 5.56. The van der Waals surface area contributed by atoms with Crippen molar-refractivity contribution in [3.63, 3.8) is 0 Å². The number of carbonyl (C=O) groups is 2. The maximum Gasteiger partial charge on any atom is 0.312 e. The molecule has 24 heavy (non-hydrogen) atoms. The Hall–Kier alpha value is -1.06. The van der Waals surface area contributed by atoms with E-state index >= 15 is 0 Å². The summed E-state index contributed by atoms with van der Waals surface area (Å²) < 4.78 is 0. The number of hydrogen-bond acceptors (Lipinski definition) is 2. The largest absolute Gasteiger partial charge is 0.343 e. The number of hydrogen-bond donors (Lipinski definition) is 1. The lowest BCUT2D eigenvalue weighted by Gasteiger charge is -2.39. The monoisotopic (exact) mass is 336 g/mol. The SMILES string of the molecule is CC(C)(C)CC(C)(C)NC(=O)C(=O)N1CC2(C)CC1CC(C)(C)C2. The molecular weight excluding hydrogens is 300 g/mol. The van der Waals surface area contributed by atoms with Crippen molar-refractivity contribution in [3.05, 3.63) is 0 Å². The summed E-state index contributed by atoms with van der Waals surface area (Å²) in [5.74, 6) is -0.790. The number of likely N-dealkylation sites (tertiary alicyclic amines) is 1. The summed E-state index contributed by atoms with van der Waals surface area (Å²) in [6, 6.07) is 0.211. The Kier molecular flexibility index (Phi) is 4.61. The highest BCUT2D eigenvalue weighted by Crippen LogP contribution is 2.52. The van der Waals surface area contributed by atoms with Crippen LogP contribution in [0.3, 0.4) is 0 Å². The first-order valence-corrected chi connectivity index (χ1v) is 9.25. The second-order valence-corrected chi connectivity index (χ2v) is 11.2. The van der Waals surface area contributed by atoms with Crippen LogP contribution in [0.2, 0.25) is 0 Å². The molecule has 1 aliphatic heterocycles. The van der Waals surface area contributed by atoms with E-state index in [0.29, 0.717) is 6.54 Å². The molecular formula is C20H36N2O2. The van der Waals surface area contributed by atoms with E-state index in [4.69, 9.17) is 0 Å². The van der Waals surface area contributed by atoms with Crippen LogP contribution in [0.5, 0.6) is 0 Å². The van der Waals surface area contributed by atoms with E-state index in [1.807, 2.05) is 18.7 Å². The highest BCUT2D eigenvalue weighted by atomic mass is 16.2. The van der Waals surface area contributed by atoms with Gasteiger partial charge in [-0.1, -0.05) is 41.5 Å². The second-order valence-electron chi connectivity index (χ2n) is 11.2. The molecule has 4 heteroatoms. The molecule has 0 aromatic heterocycles. The molecule has 1 N–H and O–H groups in total. The maximum atomic E-state index is 12.8. The molecule has 1 saturated heterocycles. The van der Waals surface area contributed by atoms with Crippen LogP contribution in [0.25, 0.3) is 0 Å². The normalized spacial score (nSPS) is 29.5. The molecule has 4 nitrogen and oxygen atoms in total. The molecule has 2 unspecified atom stereocenters. The molecule has 0 aromatic rings. The third-order valence-corrected chi connectivity index (χ3v) is 5.29. The number of carbonyl (C=O) groups excluding carboxylic acids is 2. The minimum Gasteiger partial charge on any atom is -0.343 e. The quantitative estimate of drug-likeness (QED) is 0.781. The summed E-state index contributed by atoms with van der Waals surface area (Å²) in [6.45, 7) is 18.0. The summed E-state index contributed by atoms with van der Waals surface area (Å²) in [7, 11) is 0. The fourth-order valence-electron chi connectivity index (χ4n) is 5.56. The van der Waals surface area contributed by atoms with E-state index < -0.39 is 5.91 Å². The van der Waals surface area contributed by atoms with Gasteiger partial charge in [-0.15, -0.1) is 0 Å². The maximum absolute atomic E-state index is 12.8. The van der Waals surface area contributed by atoms with Gasteiger partial charge in [0.15, 0.2) is 0 Å². The van der Waals surface area contributed by atoms with Crippen LogP contribution in [0.1, 0.15) is 81.1 Å². The van der Waals surface area contributed by atoms with Crippen molar-refractivity contribution in [2.24, 2.45) is 16.2 Å². The van der Waals surface area contributed by atoms with E-state index in [-0.39, 0.29) is 33.7 Å². The Morgan fingerprint density at radius 3 is 2.21 bits per heavy atom. The number of amides is 2. The highest BCUT2D eigenvalue weighted by Gasteiger charge is 2.52. The van der Waals surface area contributed by atoms with Crippen molar-refractivity contribution >= 4 is 11.8 Å². The number of rotatable bonds is 2. The number of fused-ring (bicyclic) bond motifs is 2. The smallest absolute Gasteiger partial charge is 0.312 e. The van der Waals surface area contributed by atoms with E-state index in [1.54, 1.807) is 0 Å². The third kappa shape index (κ3) is 4.52. The Bertz CT molecular complexity index is 530. The Labute approximate surface area is 147 Å². The van der Waals surface area contributed by atoms with E-state index in [9.17, 15) is 9.59 Å². The van der Waals surface area contributed by atoms with Crippen LogP contribution in [0.4, 0.5) is 0 Å². The molecule has 2 rings (SSSR count). The zero-order chi connectivity index (χ0) is 18.6. The van der Waals surface area contributed by atoms with Gasteiger partial charge in [-0.3, -0.25) is 9.59 Å². The molecule has 1 heterocycles. The molecule has 2 bridgehead atoms. The van der Waals surface area contributed by atoms with Crippen LogP contribution in [-0.2, 0) is 9.59 Å². The molecule has 138 valence electrons. The summed E-state index contributed by atoms with van der Waals surface area (Å²) in [5, 5.41) is 2.97. The van der Waals surface area contributed by atoms with Crippen molar-refractivity contribution in [1.82, 2.24) is 10.2 Å². The third-order valence-electron chi connectivity index (χ3n) is 5.29. The fraction of sp³-hybridized carbons (Fsp3) is 0.900. The van der Waals surface area contributed by atoms with Gasteiger partial charge in [0.25, 0.3) is 0 Å². The molecule has 1 saturated carbocycles. The average molecular weight is 337 g/mol. The molecule has 0 radical (unpaired) electrons. The van der Waals surface area contributed by atoms with E-state index in [1.165, 1.54) is 0 Å². The zero-order valence-corrected chi connectivity index (χ0v) is 16.9. The van der Waals surface area contributed by atoms with Crippen LogP contribution in [0.15, 0.2) is 0 Å². The van der Waals surface area contributed by atoms with Gasteiger partial charge in [-0.25, -0.2) is 0 Å². The molecule has 0 aromatic carbocycles. The lowest BCUT2D eigenvalue weighted by molar-refractivity contribution is -0.147. The topological polar surface area (TPSA) is 49.4 Å². The summed E-state index contributed by atoms with van der Waals surface area (Å²) in [6.07, 6.45) is 3.97. The first kappa shape index (κ1) is 19.3. The van der Waals surface area contributed by atoms with Crippen LogP contribution in [-0.4, -0.2) is 34.8 Å². The molecule has 1 aliphatic carbocycles. The summed E-state index contributed by atoms with van der Waals surface area (Å²) in [5.41, 5.74) is 0.114. The van der Waals surface area contributed by atoms with Gasteiger partial charge in [0.05, 0.1) is 0 Å². The molecule has 2 atom stereocenters. The van der Waals surface area contributed by atoms with Crippen molar-refractivity contribution in [1.29, 1.82) is 0 Å². The predicted octanol–water partition coefficient (Wildman–Crippen LogP) is 3.74. The van der Waals surface area contributed by atoms with E-state index in [2.05, 4.69) is 46.9 Å². The predicted molar refractivity (Wildman–Crippen MR) is 97.5 cm³/mol. The van der Waals surface area contributed by atoms with Crippen molar-refractivity contribution in [2.75, 3.05) is 6.54 Å². The van der Waals surface area contributed by atoms with Gasteiger partial charge < -0.3 is 10.2 Å². The van der Waals surface area contributed by atoms with E-state index in [0.717, 1.165) is 25.7 Å². The van der Waals surface area contributed by atoms with Gasteiger partial charge in [0.2, 0.25) is 0 Å². The van der Waals surface area contributed by atoms with Crippen molar-refractivity contribution in [3.8, 4) is 0 Å². The highest BCUT2D eigenvalue weighted by molar-refractivity contribution is 6.35. The second kappa shape index (κ2) is 5.74. The Morgan fingerprint density at radius 1 is 1.08 bits per heavy atom. The molecule has 2 aliphatic rings. The standard InChI is InChI=1S/C20H36N2O2/c1-17(2,3)11-19(6,7)21-15(23)16(24)22-13-20(8)10-14(22)9-18(4,5)12-20/h14H,9-13H2,1-8H3,(H,21,23). The molecule has 2 fully saturated rings. The van der Waals surface area contributed by atoms with Gasteiger partial charge >= 0.3 is 11.8 Å². The average Bonchev–Trinajstić information content (AvgIpc) is 2.53.